The van der Waals surface area contributed by atoms with Gasteiger partial charge in [-0.3, -0.25) is 9.69 Å². The number of carbonyl (C=O) groups excluding carboxylic acids is 1. The van der Waals surface area contributed by atoms with E-state index in [0.717, 1.165) is 37.6 Å². The zero-order valence-electron chi connectivity index (χ0n) is 15.3. The Morgan fingerprint density at radius 3 is 2.41 bits per heavy atom. The summed E-state index contributed by atoms with van der Waals surface area (Å²) in [6, 6.07) is 12.5. The van der Waals surface area contributed by atoms with Crippen molar-refractivity contribution in [2.24, 2.45) is 5.73 Å². The molecule has 1 heterocycles. The number of phenols is 1. The molecule has 0 bridgehead atoms. The summed E-state index contributed by atoms with van der Waals surface area (Å²) in [6.07, 6.45) is -0.753. The molecule has 1 unspecified atom stereocenters. The van der Waals surface area contributed by atoms with Gasteiger partial charge in [-0.2, -0.15) is 0 Å². The Balaban J connectivity index is 1.57. The lowest BCUT2D eigenvalue weighted by Crippen LogP contribution is -2.47. The predicted molar refractivity (Wildman–Crippen MR) is 103 cm³/mol. The van der Waals surface area contributed by atoms with Gasteiger partial charge in [-0.15, -0.1) is 0 Å². The highest BCUT2D eigenvalue weighted by atomic mass is 16.5. The summed E-state index contributed by atoms with van der Waals surface area (Å²) in [7, 11) is 1.65. The number of anilines is 1. The molecule has 0 radical (unpaired) electrons. The molecule has 2 aromatic carbocycles. The van der Waals surface area contributed by atoms with E-state index >= 15 is 0 Å². The molecule has 7 nitrogen and oxygen atoms in total. The second kappa shape index (κ2) is 8.28. The smallest absolute Gasteiger partial charge is 0.252 e. The Morgan fingerprint density at radius 2 is 1.81 bits per heavy atom. The minimum Gasteiger partial charge on any atom is -0.507 e. The van der Waals surface area contributed by atoms with Crippen LogP contribution in [0.3, 0.4) is 0 Å². The summed E-state index contributed by atoms with van der Waals surface area (Å²) in [5, 5.41) is 20.2. The molecule has 1 atom stereocenters. The summed E-state index contributed by atoms with van der Waals surface area (Å²) in [6.45, 7) is 3.83. The van der Waals surface area contributed by atoms with E-state index in [1.54, 1.807) is 13.2 Å². The van der Waals surface area contributed by atoms with Crippen molar-refractivity contribution in [2.45, 2.75) is 6.10 Å². The van der Waals surface area contributed by atoms with Crippen LogP contribution < -0.4 is 15.4 Å². The predicted octanol–water partition coefficient (Wildman–Crippen LogP) is 1.36. The molecular weight excluding hydrogens is 346 g/mol. The van der Waals surface area contributed by atoms with Gasteiger partial charge in [-0.1, -0.05) is 6.07 Å². The fourth-order valence-corrected chi connectivity index (χ4v) is 3.29. The van der Waals surface area contributed by atoms with Gasteiger partial charge in [0.2, 0.25) is 0 Å². The molecule has 7 heteroatoms. The maximum Gasteiger partial charge on any atom is 0.252 e. The molecule has 1 aliphatic heterocycles. The van der Waals surface area contributed by atoms with Crippen LogP contribution in [0.5, 0.6) is 11.5 Å². The van der Waals surface area contributed by atoms with Crippen LogP contribution in [0.15, 0.2) is 42.5 Å². The molecule has 0 aliphatic carbocycles. The van der Waals surface area contributed by atoms with Crippen LogP contribution in [-0.2, 0) is 0 Å². The van der Waals surface area contributed by atoms with E-state index in [1.807, 2.05) is 24.3 Å². The van der Waals surface area contributed by atoms with Crippen LogP contribution in [0.4, 0.5) is 5.69 Å². The summed E-state index contributed by atoms with van der Waals surface area (Å²) in [4.78, 5) is 15.8. The van der Waals surface area contributed by atoms with Crippen LogP contribution >= 0.6 is 0 Å². The second-order valence-electron chi connectivity index (χ2n) is 6.64. The summed E-state index contributed by atoms with van der Waals surface area (Å²) in [5.41, 5.74) is 7.00. The number of piperazine rings is 1. The molecule has 0 spiro atoms. The average molecular weight is 371 g/mol. The van der Waals surface area contributed by atoms with Crippen molar-refractivity contribution >= 4 is 11.6 Å². The molecule has 2 aromatic rings. The maximum absolute atomic E-state index is 11.4. The van der Waals surface area contributed by atoms with Crippen molar-refractivity contribution in [3.63, 3.8) is 0 Å². The molecule has 4 N–H and O–H groups in total. The van der Waals surface area contributed by atoms with Gasteiger partial charge in [0.1, 0.15) is 11.5 Å². The third kappa shape index (κ3) is 4.50. The fraction of sp³-hybridized carbons (Fsp3) is 0.350. The van der Waals surface area contributed by atoms with E-state index in [-0.39, 0.29) is 11.3 Å². The van der Waals surface area contributed by atoms with Crippen LogP contribution in [0, 0.1) is 0 Å². The van der Waals surface area contributed by atoms with Crippen molar-refractivity contribution in [3.8, 4) is 11.5 Å². The number of ether oxygens (including phenoxy) is 1. The quantitative estimate of drug-likeness (QED) is 0.709. The van der Waals surface area contributed by atoms with Crippen molar-refractivity contribution in [2.75, 3.05) is 44.7 Å². The molecule has 1 amide bonds. The van der Waals surface area contributed by atoms with Gasteiger partial charge in [0.15, 0.2) is 0 Å². The number of aromatic hydroxyl groups is 1. The van der Waals surface area contributed by atoms with Gasteiger partial charge >= 0.3 is 0 Å². The number of hydrogen-bond acceptors (Lipinski definition) is 6. The fourth-order valence-electron chi connectivity index (χ4n) is 3.29. The lowest BCUT2D eigenvalue weighted by Gasteiger charge is -2.37. The largest absolute Gasteiger partial charge is 0.507 e. The Bertz CT molecular complexity index is 786. The molecule has 1 fully saturated rings. The van der Waals surface area contributed by atoms with E-state index in [1.165, 1.54) is 12.1 Å². The van der Waals surface area contributed by atoms with Crippen LogP contribution in [0.1, 0.15) is 22.0 Å². The number of β-amino-alcohol motifs (C(OH)–C–C–N with tert-alkyl or cyclic N) is 1. The number of rotatable bonds is 6. The molecule has 1 aliphatic rings. The highest BCUT2D eigenvalue weighted by Gasteiger charge is 2.21. The number of primary amides is 1. The number of aliphatic hydroxyl groups is 1. The highest BCUT2D eigenvalue weighted by molar-refractivity contribution is 5.95. The van der Waals surface area contributed by atoms with Gasteiger partial charge in [0.25, 0.3) is 5.91 Å². The second-order valence-corrected chi connectivity index (χ2v) is 6.64. The molecule has 3 rings (SSSR count). The number of carbonyl (C=O) groups is 1. The third-order valence-electron chi connectivity index (χ3n) is 4.91. The Morgan fingerprint density at radius 1 is 1.15 bits per heavy atom. The number of nitrogens with zero attached hydrogens (tertiary/aromatic N) is 2. The van der Waals surface area contributed by atoms with E-state index in [4.69, 9.17) is 10.5 Å². The lowest BCUT2D eigenvalue weighted by atomic mass is 10.0. The minimum atomic E-state index is -0.753. The first-order valence-corrected chi connectivity index (χ1v) is 8.90. The van der Waals surface area contributed by atoms with E-state index < -0.39 is 12.0 Å². The van der Waals surface area contributed by atoms with E-state index in [0.29, 0.717) is 12.1 Å². The number of aliphatic hydroxyl groups excluding tert-OH is 1. The van der Waals surface area contributed by atoms with Gasteiger partial charge in [0.05, 0.1) is 18.8 Å². The van der Waals surface area contributed by atoms with E-state index in [9.17, 15) is 15.0 Å². The summed E-state index contributed by atoms with van der Waals surface area (Å²) >= 11 is 0. The third-order valence-corrected chi connectivity index (χ3v) is 4.91. The Labute approximate surface area is 158 Å². The lowest BCUT2D eigenvalue weighted by molar-refractivity contribution is 0.0995. The SMILES string of the molecule is COc1ccc(N2CCN(CC(O)c3ccc(O)c(C(N)=O)c3)CC2)cc1. The first-order chi connectivity index (χ1) is 13.0. The average Bonchev–Trinajstić information content (AvgIpc) is 2.68. The molecule has 144 valence electrons. The monoisotopic (exact) mass is 371 g/mol. The number of hydrogen-bond donors (Lipinski definition) is 3. The first kappa shape index (κ1) is 19.0. The Kier molecular flexibility index (Phi) is 5.83. The number of amides is 1. The molecular formula is C20H25N3O4. The Hall–Kier alpha value is -2.77. The molecule has 1 saturated heterocycles. The van der Waals surface area contributed by atoms with Crippen molar-refractivity contribution in [3.05, 3.63) is 53.6 Å². The van der Waals surface area contributed by atoms with Crippen molar-refractivity contribution in [1.82, 2.24) is 4.90 Å². The zero-order valence-corrected chi connectivity index (χ0v) is 15.3. The number of nitrogens with two attached hydrogens (primary N) is 1. The maximum atomic E-state index is 11.4. The van der Waals surface area contributed by atoms with Crippen molar-refractivity contribution in [1.29, 1.82) is 0 Å². The standard InChI is InChI=1S/C20H25N3O4/c1-27-16-5-3-15(4-6-16)23-10-8-22(9-11-23)13-19(25)14-2-7-18(24)17(12-14)20(21)26/h2-7,12,19,24-25H,8-11,13H2,1H3,(H2,21,26). The van der Waals surface area contributed by atoms with Gasteiger partial charge < -0.3 is 25.6 Å². The van der Waals surface area contributed by atoms with Crippen LogP contribution in [0.25, 0.3) is 0 Å². The van der Waals surface area contributed by atoms with Crippen LogP contribution in [0.2, 0.25) is 0 Å². The van der Waals surface area contributed by atoms with Gasteiger partial charge in [-0.05, 0) is 42.0 Å². The first-order valence-electron chi connectivity index (χ1n) is 8.90. The number of benzene rings is 2. The molecule has 0 saturated carbocycles. The molecule has 0 aromatic heterocycles. The highest BCUT2D eigenvalue weighted by Crippen LogP contribution is 2.24. The normalized spacial score (nSPS) is 16.1. The van der Waals surface area contributed by atoms with Crippen molar-refractivity contribution < 1.29 is 19.7 Å². The summed E-state index contributed by atoms with van der Waals surface area (Å²) < 4.78 is 5.19. The topological polar surface area (TPSA) is 99.3 Å². The van der Waals surface area contributed by atoms with E-state index in [2.05, 4.69) is 9.80 Å². The summed E-state index contributed by atoms with van der Waals surface area (Å²) in [5.74, 6) is -0.0500. The number of methoxy groups -OCH3 is 1. The van der Waals surface area contributed by atoms with Gasteiger partial charge in [-0.25, -0.2) is 0 Å². The van der Waals surface area contributed by atoms with Gasteiger partial charge in [0, 0.05) is 38.4 Å². The van der Waals surface area contributed by atoms with Crippen LogP contribution in [-0.4, -0.2) is 60.9 Å². The molecule has 27 heavy (non-hydrogen) atoms. The minimum absolute atomic E-state index is 0.0240. The zero-order chi connectivity index (χ0) is 19.4.